The number of hydrogen-bond acceptors (Lipinski definition) is 3. The van der Waals surface area contributed by atoms with Gasteiger partial charge in [0.1, 0.15) is 4.60 Å². The summed E-state index contributed by atoms with van der Waals surface area (Å²) in [5, 5.41) is 0. The second kappa shape index (κ2) is 9.11. The van der Waals surface area contributed by atoms with E-state index in [4.69, 9.17) is 9.72 Å². The van der Waals surface area contributed by atoms with Gasteiger partial charge < -0.3 is 4.74 Å². The first kappa shape index (κ1) is 18.8. The van der Waals surface area contributed by atoms with Gasteiger partial charge in [0, 0.05) is 11.4 Å². The first-order valence-electron chi connectivity index (χ1n) is 10.2. The molecule has 0 spiro atoms. The van der Waals surface area contributed by atoms with E-state index in [1.54, 1.807) is 0 Å². The second-order valence-electron chi connectivity index (χ2n) is 7.51. The van der Waals surface area contributed by atoms with Crippen LogP contribution in [-0.2, 0) is 30.4 Å². The molecule has 0 fully saturated rings. The van der Waals surface area contributed by atoms with Crippen LogP contribution in [0.15, 0.2) is 34.9 Å². The molecule has 0 atom stereocenters. The van der Waals surface area contributed by atoms with E-state index < -0.39 is 0 Å². The quantitative estimate of drug-likeness (QED) is 0.565. The molecule has 0 N–H and O–H groups in total. The number of nitrogens with zero attached hydrogens (tertiary/aromatic N) is 2. The number of ether oxygens (including phenoxy) is 1. The normalized spacial score (nSPS) is 18.5. The fraction of sp³-hybridized carbons (Fsp3) is 0.478. The van der Waals surface area contributed by atoms with Crippen LogP contribution in [-0.4, -0.2) is 23.2 Å². The minimum Gasteiger partial charge on any atom is -0.377 e. The highest BCUT2D eigenvalue weighted by Gasteiger charge is 2.13. The van der Waals surface area contributed by atoms with Crippen molar-refractivity contribution in [2.24, 2.45) is 0 Å². The fourth-order valence-electron chi connectivity index (χ4n) is 4.08. The van der Waals surface area contributed by atoms with E-state index in [0.717, 1.165) is 37.1 Å². The summed E-state index contributed by atoms with van der Waals surface area (Å²) in [4.78, 5) is 9.24. The van der Waals surface area contributed by atoms with Crippen molar-refractivity contribution in [3.05, 3.63) is 63.2 Å². The van der Waals surface area contributed by atoms with Crippen molar-refractivity contribution in [3.8, 4) is 0 Å². The molecular weight excluding hydrogens is 400 g/mol. The molecule has 0 saturated carbocycles. The summed E-state index contributed by atoms with van der Waals surface area (Å²) in [7, 11) is 0. The van der Waals surface area contributed by atoms with Gasteiger partial charge in [-0.2, -0.15) is 0 Å². The Morgan fingerprint density at radius 2 is 1.41 bits per heavy atom. The van der Waals surface area contributed by atoms with Gasteiger partial charge in [0.15, 0.2) is 0 Å². The average Bonchev–Trinajstić information content (AvgIpc) is 2.74. The summed E-state index contributed by atoms with van der Waals surface area (Å²) in [5.74, 6) is 0. The molecule has 2 aliphatic carbocycles. The van der Waals surface area contributed by atoms with Crippen molar-refractivity contribution in [3.63, 3.8) is 0 Å². The molecule has 0 unspecified atom stereocenters. The van der Waals surface area contributed by atoms with Crippen LogP contribution < -0.4 is 0 Å². The molecule has 3 heterocycles. The predicted octanol–water partition coefficient (Wildman–Crippen LogP) is 5.49. The molecular formula is C23H27BrN2O. The number of aryl methyl sites for hydroxylation is 4. The lowest BCUT2D eigenvalue weighted by Crippen LogP contribution is -2.09. The molecule has 0 saturated heterocycles. The van der Waals surface area contributed by atoms with Crippen LogP contribution in [0.2, 0.25) is 0 Å². The van der Waals surface area contributed by atoms with Gasteiger partial charge in [-0.05, 0) is 103 Å². The maximum Gasteiger partial charge on any atom is 0.106 e. The van der Waals surface area contributed by atoms with Crippen LogP contribution in [0.5, 0.6) is 0 Å². The Morgan fingerprint density at radius 3 is 2.11 bits per heavy atom. The lowest BCUT2D eigenvalue weighted by atomic mass is 9.95. The van der Waals surface area contributed by atoms with Gasteiger partial charge in [-0.1, -0.05) is 18.2 Å². The maximum atomic E-state index is 5.33. The van der Waals surface area contributed by atoms with E-state index in [1.807, 2.05) is 6.07 Å². The van der Waals surface area contributed by atoms with Crippen molar-refractivity contribution in [2.75, 3.05) is 13.2 Å². The van der Waals surface area contributed by atoms with Crippen molar-refractivity contribution in [2.45, 2.75) is 57.8 Å². The van der Waals surface area contributed by atoms with Crippen LogP contribution >= 0.6 is 15.9 Å². The zero-order valence-electron chi connectivity index (χ0n) is 15.8. The van der Waals surface area contributed by atoms with Gasteiger partial charge >= 0.3 is 0 Å². The first-order valence-corrected chi connectivity index (χ1v) is 11.0. The first-order chi connectivity index (χ1) is 13.3. The Hall–Kier alpha value is -1.52. The molecule has 3 nitrogen and oxygen atoms in total. The highest BCUT2D eigenvalue weighted by Crippen LogP contribution is 2.25. The van der Waals surface area contributed by atoms with E-state index in [0.29, 0.717) is 0 Å². The average molecular weight is 427 g/mol. The van der Waals surface area contributed by atoms with Gasteiger partial charge in [0.25, 0.3) is 0 Å². The molecule has 2 aromatic heterocycles. The Kier molecular flexibility index (Phi) is 6.36. The highest BCUT2D eigenvalue weighted by atomic mass is 79.9. The van der Waals surface area contributed by atoms with Gasteiger partial charge in [-0.15, -0.1) is 0 Å². The molecule has 0 radical (unpaired) electrons. The molecule has 27 heavy (non-hydrogen) atoms. The van der Waals surface area contributed by atoms with Crippen LogP contribution in [0.1, 0.15) is 60.3 Å². The summed E-state index contributed by atoms with van der Waals surface area (Å²) < 4.78 is 6.30. The molecule has 4 heteroatoms. The Balaban J connectivity index is 0.000000143. The summed E-state index contributed by atoms with van der Waals surface area (Å²) in [6, 6.07) is 8.67. The molecule has 5 rings (SSSR count). The number of pyridine rings is 2. The third kappa shape index (κ3) is 4.85. The predicted molar refractivity (Wildman–Crippen MR) is 113 cm³/mol. The van der Waals surface area contributed by atoms with E-state index in [-0.39, 0.29) is 0 Å². The second-order valence-corrected chi connectivity index (χ2v) is 8.32. The number of halogens is 1. The molecule has 2 aromatic rings. The smallest absolute Gasteiger partial charge is 0.106 e. The van der Waals surface area contributed by atoms with Crippen molar-refractivity contribution in [1.29, 1.82) is 0 Å². The standard InChI is InChI=1S/C14H17NO.C9H10BrN/c1-2-4-13-11(3-1)5-6-14(15-13)12-7-9-16-10-8-12;10-9-6-5-7-3-1-2-4-8(7)11-9/h5-7H,1-4,8-10H2;5-6H,1-4H2. The highest BCUT2D eigenvalue weighted by molar-refractivity contribution is 9.10. The summed E-state index contributed by atoms with van der Waals surface area (Å²) >= 11 is 3.38. The summed E-state index contributed by atoms with van der Waals surface area (Å²) in [5.41, 5.74) is 8.06. The SMILES string of the molecule is Brc1ccc2c(n1)CCCC2.C1=C(c2ccc3c(n2)CCCC3)CCOC1. The van der Waals surface area contributed by atoms with Gasteiger partial charge in [0.05, 0.1) is 18.9 Å². The monoisotopic (exact) mass is 426 g/mol. The Bertz CT molecular complexity index is 831. The molecule has 1 aliphatic heterocycles. The van der Waals surface area contributed by atoms with E-state index in [2.05, 4.69) is 45.2 Å². The van der Waals surface area contributed by atoms with Crippen LogP contribution in [0.25, 0.3) is 5.57 Å². The van der Waals surface area contributed by atoms with E-state index in [1.165, 1.54) is 72.3 Å². The Morgan fingerprint density at radius 1 is 0.741 bits per heavy atom. The summed E-state index contributed by atoms with van der Waals surface area (Å²) in [6.45, 7) is 1.58. The van der Waals surface area contributed by atoms with Gasteiger partial charge in [0.2, 0.25) is 0 Å². The van der Waals surface area contributed by atoms with Crippen LogP contribution in [0.3, 0.4) is 0 Å². The maximum absolute atomic E-state index is 5.33. The number of rotatable bonds is 1. The molecule has 0 aromatic carbocycles. The third-order valence-electron chi connectivity index (χ3n) is 5.61. The van der Waals surface area contributed by atoms with Gasteiger partial charge in [-0.25, -0.2) is 4.98 Å². The largest absolute Gasteiger partial charge is 0.377 e. The van der Waals surface area contributed by atoms with Gasteiger partial charge in [-0.3, -0.25) is 4.98 Å². The van der Waals surface area contributed by atoms with Crippen LogP contribution in [0.4, 0.5) is 0 Å². The fourth-order valence-corrected chi connectivity index (χ4v) is 4.42. The zero-order chi connectivity index (χ0) is 18.5. The zero-order valence-corrected chi connectivity index (χ0v) is 17.4. The minimum atomic E-state index is 0.744. The topological polar surface area (TPSA) is 35.0 Å². The molecule has 0 bridgehead atoms. The lowest BCUT2D eigenvalue weighted by Gasteiger charge is -2.18. The Labute approximate surface area is 170 Å². The lowest BCUT2D eigenvalue weighted by molar-refractivity contribution is 0.161. The van der Waals surface area contributed by atoms with Crippen molar-refractivity contribution >= 4 is 21.5 Å². The number of aromatic nitrogens is 2. The molecule has 142 valence electrons. The molecule has 0 amide bonds. The number of hydrogen-bond donors (Lipinski definition) is 0. The van der Waals surface area contributed by atoms with Crippen molar-refractivity contribution in [1.82, 2.24) is 9.97 Å². The number of fused-ring (bicyclic) bond motifs is 2. The van der Waals surface area contributed by atoms with Crippen molar-refractivity contribution < 1.29 is 4.74 Å². The van der Waals surface area contributed by atoms with E-state index in [9.17, 15) is 0 Å². The third-order valence-corrected chi connectivity index (χ3v) is 6.06. The van der Waals surface area contributed by atoms with E-state index >= 15 is 0 Å². The van der Waals surface area contributed by atoms with Crippen LogP contribution in [0, 0.1) is 0 Å². The molecule has 3 aliphatic rings. The minimum absolute atomic E-state index is 0.744. The summed E-state index contributed by atoms with van der Waals surface area (Å²) in [6.07, 6.45) is 13.2.